The van der Waals surface area contributed by atoms with Crippen LogP contribution in [0.5, 0.6) is 0 Å². The average molecular weight is 325 g/mol. The Labute approximate surface area is 125 Å². The van der Waals surface area contributed by atoms with E-state index in [-0.39, 0.29) is 0 Å². The van der Waals surface area contributed by atoms with Crippen molar-refractivity contribution in [3.8, 4) is 0 Å². The van der Waals surface area contributed by atoms with Crippen molar-refractivity contribution in [2.24, 2.45) is 11.3 Å². The number of likely N-dealkylation sites (tertiary alicyclic amines) is 1. The fourth-order valence-electron chi connectivity index (χ4n) is 2.90. The normalized spacial score (nSPS) is 18.8. The van der Waals surface area contributed by atoms with Crippen molar-refractivity contribution in [1.29, 1.82) is 0 Å². The maximum Gasteiger partial charge on any atom is 0.0573 e. The molecule has 0 saturated carbocycles. The summed E-state index contributed by atoms with van der Waals surface area (Å²) in [7, 11) is 0. The molecule has 19 heavy (non-hydrogen) atoms. The van der Waals surface area contributed by atoms with Gasteiger partial charge in [-0.2, -0.15) is 0 Å². The Kier molecular flexibility index (Phi) is 4.67. The van der Waals surface area contributed by atoms with E-state index in [1.807, 2.05) is 6.20 Å². The molecule has 0 atom stereocenters. The van der Waals surface area contributed by atoms with Crippen LogP contribution in [-0.2, 0) is 6.54 Å². The Morgan fingerprint density at radius 3 is 2.47 bits per heavy atom. The smallest absolute Gasteiger partial charge is 0.0573 e. The molecule has 1 aliphatic rings. The van der Waals surface area contributed by atoms with Gasteiger partial charge in [0.15, 0.2) is 0 Å². The van der Waals surface area contributed by atoms with E-state index in [9.17, 15) is 0 Å². The molecule has 0 aliphatic carbocycles. The summed E-state index contributed by atoms with van der Waals surface area (Å²) in [5, 5.41) is 0. The number of hydrogen-bond acceptors (Lipinski definition) is 2. The Hall–Kier alpha value is -0.410. The van der Waals surface area contributed by atoms with Gasteiger partial charge in [-0.25, -0.2) is 0 Å². The predicted molar refractivity (Wildman–Crippen MR) is 84.1 cm³/mol. The molecule has 1 aromatic heterocycles. The van der Waals surface area contributed by atoms with E-state index in [1.54, 1.807) is 0 Å². The van der Waals surface area contributed by atoms with Crippen molar-refractivity contribution < 1.29 is 0 Å². The highest BCUT2D eigenvalue weighted by Gasteiger charge is 2.28. The second-order valence-corrected chi connectivity index (χ2v) is 7.75. The number of rotatable bonds is 2. The monoisotopic (exact) mass is 324 g/mol. The van der Waals surface area contributed by atoms with E-state index in [2.05, 4.69) is 59.6 Å². The molecule has 2 nitrogen and oxygen atoms in total. The molecule has 1 saturated heterocycles. The van der Waals surface area contributed by atoms with E-state index in [0.717, 1.165) is 16.9 Å². The minimum absolute atomic E-state index is 0.456. The van der Waals surface area contributed by atoms with E-state index in [1.165, 1.54) is 37.2 Å². The predicted octanol–water partition coefficient (Wildman–Crippen LogP) is 4.41. The molecule has 2 rings (SSSR count). The van der Waals surface area contributed by atoms with Crippen LogP contribution in [0, 0.1) is 18.3 Å². The number of nitrogens with zero attached hydrogens (tertiary/aromatic N) is 2. The molecular formula is C16H25BrN2. The Balaban J connectivity index is 1.92. The van der Waals surface area contributed by atoms with Crippen molar-refractivity contribution in [3.63, 3.8) is 0 Å². The standard InChI is InChI=1S/C16H25BrN2/c1-12-9-14(17)10-18-15(12)11-19-7-5-13(6-8-19)16(2,3)4/h9-10,13H,5-8,11H2,1-4H3. The molecule has 0 N–H and O–H groups in total. The molecule has 0 spiro atoms. The van der Waals surface area contributed by atoms with Crippen LogP contribution in [0.4, 0.5) is 0 Å². The van der Waals surface area contributed by atoms with E-state index >= 15 is 0 Å². The summed E-state index contributed by atoms with van der Waals surface area (Å²) in [5.74, 6) is 0.864. The number of aryl methyl sites for hydroxylation is 1. The molecule has 0 unspecified atom stereocenters. The molecule has 3 heteroatoms. The third kappa shape index (κ3) is 4.03. The Bertz CT molecular complexity index is 429. The molecule has 1 aliphatic heterocycles. The van der Waals surface area contributed by atoms with Gasteiger partial charge in [0.1, 0.15) is 0 Å². The number of hydrogen-bond donors (Lipinski definition) is 0. The summed E-state index contributed by atoms with van der Waals surface area (Å²) in [4.78, 5) is 7.10. The van der Waals surface area contributed by atoms with Crippen LogP contribution in [0.3, 0.4) is 0 Å². The second kappa shape index (κ2) is 5.92. The first-order chi connectivity index (χ1) is 8.86. The quantitative estimate of drug-likeness (QED) is 0.801. The van der Waals surface area contributed by atoms with Gasteiger partial charge in [-0.05, 0) is 71.7 Å². The molecule has 0 radical (unpaired) electrons. The first-order valence-electron chi connectivity index (χ1n) is 7.19. The fourth-order valence-corrected chi connectivity index (χ4v) is 3.35. The minimum Gasteiger partial charge on any atom is -0.297 e. The molecule has 0 bridgehead atoms. The van der Waals surface area contributed by atoms with Gasteiger partial charge in [0, 0.05) is 17.2 Å². The molecule has 1 aromatic rings. The van der Waals surface area contributed by atoms with Gasteiger partial charge >= 0.3 is 0 Å². The zero-order valence-electron chi connectivity index (χ0n) is 12.5. The summed E-state index contributed by atoms with van der Waals surface area (Å²) in [5.41, 5.74) is 2.96. The van der Waals surface area contributed by atoms with Crippen LogP contribution in [0.1, 0.15) is 44.9 Å². The van der Waals surface area contributed by atoms with E-state index in [0.29, 0.717) is 5.41 Å². The SMILES string of the molecule is Cc1cc(Br)cnc1CN1CCC(C(C)(C)C)CC1. The van der Waals surface area contributed by atoms with Gasteiger partial charge in [-0.3, -0.25) is 9.88 Å². The van der Waals surface area contributed by atoms with Gasteiger partial charge < -0.3 is 0 Å². The average Bonchev–Trinajstić information content (AvgIpc) is 2.32. The maximum atomic E-state index is 4.55. The summed E-state index contributed by atoms with van der Waals surface area (Å²) in [6.07, 6.45) is 4.54. The molecule has 0 aromatic carbocycles. The van der Waals surface area contributed by atoms with Crippen molar-refractivity contribution in [1.82, 2.24) is 9.88 Å². The lowest BCUT2D eigenvalue weighted by molar-refractivity contribution is 0.107. The summed E-state index contributed by atoms with van der Waals surface area (Å²) in [6.45, 7) is 12.7. The summed E-state index contributed by atoms with van der Waals surface area (Å²) < 4.78 is 1.07. The highest BCUT2D eigenvalue weighted by molar-refractivity contribution is 9.10. The Morgan fingerprint density at radius 2 is 1.95 bits per heavy atom. The second-order valence-electron chi connectivity index (χ2n) is 6.83. The van der Waals surface area contributed by atoms with Gasteiger partial charge in [-0.15, -0.1) is 0 Å². The number of piperidine rings is 1. The highest BCUT2D eigenvalue weighted by atomic mass is 79.9. The van der Waals surface area contributed by atoms with Crippen LogP contribution in [-0.4, -0.2) is 23.0 Å². The van der Waals surface area contributed by atoms with Gasteiger partial charge in [0.25, 0.3) is 0 Å². The van der Waals surface area contributed by atoms with Crippen LogP contribution in [0.15, 0.2) is 16.7 Å². The minimum atomic E-state index is 0.456. The third-order valence-electron chi connectivity index (χ3n) is 4.34. The number of pyridine rings is 1. The van der Waals surface area contributed by atoms with Crippen LogP contribution >= 0.6 is 15.9 Å². The van der Waals surface area contributed by atoms with Crippen LogP contribution in [0.25, 0.3) is 0 Å². The fraction of sp³-hybridized carbons (Fsp3) is 0.688. The topological polar surface area (TPSA) is 16.1 Å². The lowest BCUT2D eigenvalue weighted by atomic mass is 9.75. The number of halogens is 1. The molecule has 2 heterocycles. The van der Waals surface area contributed by atoms with Gasteiger partial charge in [0.05, 0.1) is 5.69 Å². The first-order valence-corrected chi connectivity index (χ1v) is 7.99. The van der Waals surface area contributed by atoms with Crippen molar-refractivity contribution in [2.45, 2.75) is 47.1 Å². The zero-order valence-corrected chi connectivity index (χ0v) is 14.1. The lowest BCUT2D eigenvalue weighted by Gasteiger charge is -2.38. The highest BCUT2D eigenvalue weighted by Crippen LogP contribution is 2.34. The Morgan fingerprint density at radius 1 is 1.32 bits per heavy atom. The van der Waals surface area contributed by atoms with Crippen LogP contribution in [0.2, 0.25) is 0 Å². The van der Waals surface area contributed by atoms with Crippen molar-refractivity contribution in [3.05, 3.63) is 28.0 Å². The van der Waals surface area contributed by atoms with Crippen molar-refractivity contribution in [2.75, 3.05) is 13.1 Å². The van der Waals surface area contributed by atoms with E-state index in [4.69, 9.17) is 0 Å². The summed E-state index contributed by atoms with van der Waals surface area (Å²) in [6, 6.07) is 2.16. The molecule has 0 amide bonds. The number of aromatic nitrogens is 1. The van der Waals surface area contributed by atoms with Crippen molar-refractivity contribution >= 4 is 15.9 Å². The van der Waals surface area contributed by atoms with Gasteiger partial charge in [0.2, 0.25) is 0 Å². The first kappa shape index (κ1) is 15.0. The molecule has 1 fully saturated rings. The summed E-state index contributed by atoms with van der Waals surface area (Å²) >= 11 is 3.48. The maximum absolute atomic E-state index is 4.55. The van der Waals surface area contributed by atoms with Crippen LogP contribution < -0.4 is 0 Å². The molecular weight excluding hydrogens is 300 g/mol. The molecule has 106 valence electrons. The largest absolute Gasteiger partial charge is 0.297 e. The van der Waals surface area contributed by atoms with Gasteiger partial charge in [-0.1, -0.05) is 20.8 Å². The lowest BCUT2D eigenvalue weighted by Crippen LogP contribution is -2.37. The van der Waals surface area contributed by atoms with E-state index < -0.39 is 0 Å². The zero-order chi connectivity index (χ0) is 14.0. The third-order valence-corrected chi connectivity index (χ3v) is 4.77.